The Bertz CT molecular complexity index is 423. The van der Waals surface area contributed by atoms with Crippen LogP contribution in [0.15, 0.2) is 0 Å². The number of nitrogens with zero attached hydrogens (tertiary/aromatic N) is 2. The monoisotopic (exact) mass is 322 g/mol. The molecule has 2 rings (SSSR count). The molecule has 0 N–H and O–H groups in total. The molecule has 0 aromatic heterocycles. The molecule has 0 aromatic rings. The van der Waals surface area contributed by atoms with E-state index in [0.717, 1.165) is 6.42 Å². The van der Waals surface area contributed by atoms with Crippen molar-refractivity contribution in [3.05, 3.63) is 0 Å². The van der Waals surface area contributed by atoms with Crippen LogP contribution in [0.4, 0.5) is 30.7 Å². The molecule has 1 unspecified atom stereocenters. The van der Waals surface area contributed by atoms with Gasteiger partial charge >= 0.3 is 18.0 Å². The van der Waals surface area contributed by atoms with E-state index >= 15 is 0 Å². The van der Waals surface area contributed by atoms with Gasteiger partial charge in [0.05, 0.1) is 0 Å². The first kappa shape index (κ1) is 16.3. The van der Waals surface area contributed by atoms with Crippen LogP contribution >= 0.6 is 0 Å². The Labute approximate surface area is 115 Å². The largest absolute Gasteiger partial charge is 0.460 e. The Hall–Kier alpha value is -1.06. The van der Waals surface area contributed by atoms with Crippen molar-refractivity contribution >= 4 is 5.91 Å². The Morgan fingerprint density at radius 2 is 1.57 bits per heavy atom. The molecule has 1 atom stereocenters. The van der Waals surface area contributed by atoms with Gasteiger partial charge in [-0.1, -0.05) is 0 Å². The summed E-state index contributed by atoms with van der Waals surface area (Å²) >= 11 is 0. The summed E-state index contributed by atoms with van der Waals surface area (Å²) in [5, 5.41) is 0. The van der Waals surface area contributed by atoms with Crippen molar-refractivity contribution in [2.45, 2.75) is 36.9 Å². The Morgan fingerprint density at radius 3 is 2.14 bits per heavy atom. The molecule has 1 amide bonds. The second-order valence-corrected chi connectivity index (χ2v) is 5.23. The highest BCUT2D eigenvalue weighted by Gasteiger charge is 2.77. The summed E-state index contributed by atoms with van der Waals surface area (Å²) in [6.45, 7) is 0.382. The van der Waals surface area contributed by atoms with Crippen molar-refractivity contribution in [3.8, 4) is 0 Å². The first-order chi connectivity index (χ1) is 9.48. The second-order valence-electron chi connectivity index (χ2n) is 5.23. The zero-order chi connectivity index (χ0) is 16.1. The Kier molecular flexibility index (Phi) is 3.88. The van der Waals surface area contributed by atoms with Gasteiger partial charge < -0.3 is 4.90 Å². The molecular weight excluding hydrogens is 309 g/mol. The highest BCUT2D eigenvalue weighted by molar-refractivity contribution is 5.85. The fraction of sp³-hybridized carbons (Fsp3) is 0.909. The molecule has 2 saturated heterocycles. The van der Waals surface area contributed by atoms with Crippen molar-refractivity contribution in [2.75, 3.05) is 26.2 Å². The molecule has 2 heterocycles. The molecule has 122 valence electrons. The van der Waals surface area contributed by atoms with E-state index in [0.29, 0.717) is 17.9 Å². The highest BCUT2D eigenvalue weighted by atomic mass is 19.4. The number of fused-ring (bicyclic) bond motifs is 1. The predicted octanol–water partition coefficient (Wildman–Crippen LogP) is 2.13. The van der Waals surface area contributed by atoms with Gasteiger partial charge in [0.1, 0.15) is 0 Å². The number of halogens is 7. The minimum absolute atomic E-state index is 0.198. The second kappa shape index (κ2) is 4.99. The van der Waals surface area contributed by atoms with Crippen LogP contribution in [0.1, 0.15) is 12.8 Å². The van der Waals surface area contributed by atoms with Crippen molar-refractivity contribution in [1.29, 1.82) is 0 Å². The van der Waals surface area contributed by atoms with Crippen LogP contribution in [0.3, 0.4) is 0 Å². The number of carbonyl (C=O) groups is 1. The molecular formula is C11H13F7N2O. The number of hydrogen-bond acceptors (Lipinski definition) is 2. The van der Waals surface area contributed by atoms with Crippen LogP contribution in [0, 0.1) is 0 Å². The minimum atomic E-state index is -6.48. The van der Waals surface area contributed by atoms with Crippen molar-refractivity contribution in [2.24, 2.45) is 0 Å². The van der Waals surface area contributed by atoms with Gasteiger partial charge in [-0.3, -0.25) is 9.69 Å². The Balaban J connectivity index is 2.15. The molecule has 10 heteroatoms. The summed E-state index contributed by atoms with van der Waals surface area (Å²) < 4.78 is 88.6. The van der Waals surface area contributed by atoms with Crippen molar-refractivity contribution < 1.29 is 35.5 Å². The topological polar surface area (TPSA) is 23.6 Å². The molecule has 2 aliphatic heterocycles. The molecule has 0 bridgehead atoms. The lowest BCUT2D eigenvalue weighted by molar-refractivity contribution is -0.346. The summed E-state index contributed by atoms with van der Waals surface area (Å²) in [6.07, 6.45) is -5.10. The molecule has 0 spiro atoms. The first-order valence-electron chi connectivity index (χ1n) is 6.34. The van der Waals surface area contributed by atoms with E-state index in [1.54, 1.807) is 0 Å². The summed E-state index contributed by atoms with van der Waals surface area (Å²) in [7, 11) is 0. The maximum absolute atomic E-state index is 13.3. The van der Waals surface area contributed by atoms with E-state index in [9.17, 15) is 35.5 Å². The molecule has 0 aromatic carbocycles. The first-order valence-corrected chi connectivity index (χ1v) is 6.34. The third kappa shape index (κ3) is 2.58. The average Bonchev–Trinajstić information content (AvgIpc) is 2.83. The smallest absolute Gasteiger partial charge is 0.334 e. The number of alkyl halides is 7. The summed E-state index contributed by atoms with van der Waals surface area (Å²) in [5.41, 5.74) is 0. The molecule has 0 aliphatic carbocycles. The van der Waals surface area contributed by atoms with Crippen molar-refractivity contribution in [1.82, 2.24) is 9.80 Å². The molecule has 2 aliphatic rings. The normalized spacial score (nSPS) is 25.1. The Morgan fingerprint density at radius 1 is 0.952 bits per heavy atom. The maximum atomic E-state index is 13.3. The fourth-order valence-electron chi connectivity index (χ4n) is 2.69. The van der Waals surface area contributed by atoms with Crippen LogP contribution in [0.25, 0.3) is 0 Å². The number of rotatable bonds is 2. The predicted molar refractivity (Wildman–Crippen MR) is 57.1 cm³/mol. The number of hydrogen-bond donors (Lipinski definition) is 0. The standard InChI is InChI=1S/C11H13F7N2O/c12-9(13,10(14,15)11(16,17)18)8(21)20-5-4-19-3-1-2-7(19)6-20/h7H,1-6H2. The summed E-state index contributed by atoms with van der Waals surface area (Å²) in [4.78, 5) is 13.8. The van der Waals surface area contributed by atoms with Gasteiger partial charge in [-0.25, -0.2) is 0 Å². The number of piperazine rings is 1. The molecule has 0 saturated carbocycles. The van der Waals surface area contributed by atoms with Gasteiger partial charge in [0, 0.05) is 25.7 Å². The van der Waals surface area contributed by atoms with E-state index in [-0.39, 0.29) is 25.7 Å². The zero-order valence-corrected chi connectivity index (χ0v) is 10.8. The van der Waals surface area contributed by atoms with E-state index in [2.05, 4.69) is 0 Å². The van der Waals surface area contributed by atoms with E-state index < -0.39 is 23.9 Å². The number of carbonyl (C=O) groups excluding carboxylic acids is 1. The SMILES string of the molecule is O=C(N1CCN2CCCC2C1)C(F)(F)C(F)(F)C(F)(F)F. The lowest BCUT2D eigenvalue weighted by atomic mass is 10.1. The van der Waals surface area contributed by atoms with Crippen LogP contribution in [-0.4, -0.2) is 65.9 Å². The van der Waals surface area contributed by atoms with E-state index in [1.165, 1.54) is 0 Å². The van der Waals surface area contributed by atoms with Gasteiger partial charge in [0.15, 0.2) is 0 Å². The third-order valence-electron chi connectivity index (χ3n) is 3.89. The zero-order valence-electron chi connectivity index (χ0n) is 10.8. The quantitative estimate of drug-likeness (QED) is 0.727. The van der Waals surface area contributed by atoms with E-state index in [1.807, 2.05) is 4.90 Å². The van der Waals surface area contributed by atoms with Crippen molar-refractivity contribution in [3.63, 3.8) is 0 Å². The lowest BCUT2D eigenvalue weighted by Crippen LogP contribution is -2.63. The van der Waals surface area contributed by atoms with Gasteiger partial charge in [-0.15, -0.1) is 0 Å². The fourth-order valence-corrected chi connectivity index (χ4v) is 2.69. The minimum Gasteiger partial charge on any atom is -0.334 e. The summed E-state index contributed by atoms with van der Waals surface area (Å²) in [6, 6.07) is -0.252. The molecule has 2 fully saturated rings. The van der Waals surface area contributed by atoms with Gasteiger partial charge in [0.25, 0.3) is 5.91 Å². The summed E-state index contributed by atoms with van der Waals surface area (Å²) in [5.74, 6) is -14.6. The van der Waals surface area contributed by atoms with Gasteiger partial charge in [0.2, 0.25) is 0 Å². The van der Waals surface area contributed by atoms with Gasteiger partial charge in [-0.05, 0) is 19.4 Å². The maximum Gasteiger partial charge on any atom is 0.460 e. The lowest BCUT2D eigenvalue weighted by Gasteiger charge is -2.39. The molecule has 3 nitrogen and oxygen atoms in total. The number of amides is 1. The van der Waals surface area contributed by atoms with Crippen LogP contribution in [0.2, 0.25) is 0 Å². The highest BCUT2D eigenvalue weighted by Crippen LogP contribution is 2.47. The molecule has 21 heavy (non-hydrogen) atoms. The van der Waals surface area contributed by atoms with Gasteiger partial charge in [-0.2, -0.15) is 30.7 Å². The van der Waals surface area contributed by atoms with Crippen LogP contribution < -0.4 is 0 Å². The van der Waals surface area contributed by atoms with E-state index in [4.69, 9.17) is 0 Å². The third-order valence-corrected chi connectivity index (χ3v) is 3.89. The van der Waals surface area contributed by atoms with Crippen LogP contribution in [-0.2, 0) is 4.79 Å². The average molecular weight is 322 g/mol. The molecule has 0 radical (unpaired) electrons. The van der Waals surface area contributed by atoms with Crippen LogP contribution in [0.5, 0.6) is 0 Å².